The molecule has 0 aliphatic heterocycles. The van der Waals surface area contributed by atoms with Crippen LogP contribution in [0.5, 0.6) is 5.88 Å². The Balaban J connectivity index is 1.74. The van der Waals surface area contributed by atoms with E-state index in [1.54, 1.807) is 9.22 Å². The third-order valence-electron chi connectivity index (χ3n) is 7.24. The summed E-state index contributed by atoms with van der Waals surface area (Å²) in [5.74, 6) is 0.637. The molecule has 0 saturated heterocycles. The van der Waals surface area contributed by atoms with Gasteiger partial charge in [0.1, 0.15) is 0 Å². The summed E-state index contributed by atoms with van der Waals surface area (Å²) in [5.41, 5.74) is 7.35. The Morgan fingerprint density at radius 1 is 0.974 bits per heavy atom. The van der Waals surface area contributed by atoms with Crippen LogP contribution < -0.4 is 13.4 Å². The molecule has 2 N–H and O–H groups in total. The van der Waals surface area contributed by atoms with Crippen LogP contribution in [0, 0.1) is 0 Å². The number of nitrogen functional groups attached to an aromatic ring is 1. The molecule has 7 nitrogen and oxygen atoms in total. The predicted molar refractivity (Wildman–Crippen MR) is 167 cm³/mol. The van der Waals surface area contributed by atoms with Gasteiger partial charge in [0.05, 0.1) is 0 Å². The van der Waals surface area contributed by atoms with Crippen LogP contribution in [-0.2, 0) is 18.1 Å². The molecule has 212 valence electrons. The fraction of sp³-hybridized carbons (Fsp3) is 0.679. The van der Waals surface area contributed by atoms with Gasteiger partial charge in [-0.2, -0.15) is 0 Å². The molecule has 0 unspecified atom stereocenters. The van der Waals surface area contributed by atoms with E-state index in [-0.39, 0.29) is 5.95 Å². The van der Waals surface area contributed by atoms with E-state index in [0.717, 1.165) is 12.7 Å². The number of anilines is 1. The minimum atomic E-state index is -2.43. The van der Waals surface area contributed by atoms with Crippen molar-refractivity contribution < 1.29 is 9.47 Å². The zero-order chi connectivity index (χ0) is 27.6. The number of aromatic nitrogens is 4. The monoisotopic (exact) mass is 667 g/mol. The van der Waals surface area contributed by atoms with Crippen molar-refractivity contribution in [3.63, 3.8) is 0 Å². The van der Waals surface area contributed by atoms with E-state index in [4.69, 9.17) is 15.2 Å². The summed E-state index contributed by atoms with van der Waals surface area (Å²) in [7, 11) is -1.14. The van der Waals surface area contributed by atoms with Crippen molar-refractivity contribution in [2.45, 2.75) is 112 Å². The van der Waals surface area contributed by atoms with Gasteiger partial charge in [-0.1, -0.05) is 19.6 Å². The first kappa shape index (κ1) is 31.4. The SMILES string of the molecule is CCC[CH2][Sn]([CH2]CCC)([CH2]CCC)[c]1ccc(COc2nc(N)nc3c2ncn3COCC[Si](C)(C)C)s1. The Morgan fingerprint density at radius 2 is 1.63 bits per heavy atom. The molecule has 0 aliphatic carbocycles. The second-order valence-electron chi connectivity index (χ2n) is 11.8. The number of rotatable bonds is 18. The topological polar surface area (TPSA) is 88.1 Å². The molecule has 0 spiro atoms. The summed E-state index contributed by atoms with van der Waals surface area (Å²) >= 11 is -0.435. The summed E-state index contributed by atoms with van der Waals surface area (Å²) in [6.07, 6.45) is 9.72. The second kappa shape index (κ2) is 15.0. The average molecular weight is 667 g/mol. The predicted octanol–water partition coefficient (Wildman–Crippen LogP) is 7.42. The van der Waals surface area contributed by atoms with Crippen LogP contribution >= 0.6 is 11.3 Å². The molecule has 10 heteroatoms. The number of hydrogen-bond acceptors (Lipinski definition) is 7. The summed E-state index contributed by atoms with van der Waals surface area (Å²) in [5, 5.41) is 0. The number of unbranched alkanes of at least 4 members (excludes halogenated alkanes) is 3. The van der Waals surface area contributed by atoms with Gasteiger partial charge in [0.2, 0.25) is 0 Å². The van der Waals surface area contributed by atoms with Crippen LogP contribution in [0.4, 0.5) is 5.95 Å². The van der Waals surface area contributed by atoms with Crippen LogP contribution in [0.1, 0.15) is 64.2 Å². The van der Waals surface area contributed by atoms with Gasteiger partial charge >= 0.3 is 206 Å². The van der Waals surface area contributed by atoms with Gasteiger partial charge in [-0.3, -0.25) is 0 Å². The van der Waals surface area contributed by atoms with Gasteiger partial charge in [-0.25, -0.2) is 0 Å². The molecule has 3 heterocycles. The first-order valence-corrected chi connectivity index (χ1v) is 26.5. The molecule has 0 fully saturated rings. The number of ether oxygens (including phenoxy) is 2. The van der Waals surface area contributed by atoms with Crippen LogP contribution in [0.25, 0.3) is 11.2 Å². The maximum atomic E-state index is 6.23. The Labute approximate surface area is 238 Å². The maximum absolute atomic E-state index is 6.23. The first-order chi connectivity index (χ1) is 18.2. The molecular weight excluding hydrogens is 617 g/mol. The van der Waals surface area contributed by atoms with E-state index >= 15 is 0 Å². The fourth-order valence-corrected chi connectivity index (χ4v) is 25.8. The van der Waals surface area contributed by atoms with Crippen molar-refractivity contribution in [1.82, 2.24) is 19.5 Å². The average Bonchev–Trinajstić information content (AvgIpc) is 3.52. The molecule has 3 aromatic heterocycles. The van der Waals surface area contributed by atoms with Crippen LogP contribution in [0.15, 0.2) is 18.5 Å². The van der Waals surface area contributed by atoms with Crippen molar-refractivity contribution >= 4 is 57.8 Å². The summed E-state index contributed by atoms with van der Waals surface area (Å²) < 4.78 is 20.2. The van der Waals surface area contributed by atoms with Crippen molar-refractivity contribution in [1.29, 1.82) is 0 Å². The first-order valence-electron chi connectivity index (χ1n) is 14.5. The molecule has 0 amide bonds. The van der Waals surface area contributed by atoms with Gasteiger partial charge < -0.3 is 0 Å². The van der Waals surface area contributed by atoms with E-state index in [1.807, 2.05) is 15.9 Å². The third kappa shape index (κ3) is 8.92. The van der Waals surface area contributed by atoms with Crippen LogP contribution in [0.3, 0.4) is 0 Å². The molecular formula is C28H49N5O2SSiSn. The zero-order valence-electron chi connectivity index (χ0n) is 24.5. The van der Waals surface area contributed by atoms with Gasteiger partial charge in [0, 0.05) is 8.07 Å². The Bertz CT molecular complexity index is 1110. The van der Waals surface area contributed by atoms with E-state index in [2.05, 4.69) is 67.5 Å². The molecule has 0 bridgehead atoms. The minimum absolute atomic E-state index is 0.192. The fourth-order valence-electron chi connectivity index (χ4n) is 4.84. The number of imidazole rings is 1. The van der Waals surface area contributed by atoms with Crippen molar-refractivity contribution in [3.8, 4) is 5.88 Å². The number of thiophene rings is 1. The number of hydrogen-bond donors (Lipinski definition) is 1. The van der Waals surface area contributed by atoms with Crippen molar-refractivity contribution in [2.75, 3.05) is 12.3 Å². The third-order valence-corrected chi connectivity index (χ3v) is 28.3. The standard InChI is InChI=1S/C16H22N5O2SSi.3C4H9.Sn/c1-25(2,3)8-6-22-11-21-10-18-13-14(21)19-16(17)20-15(13)23-9-12-5-4-7-24-12;3*1-3-4-2;/h4-5,10H,6,8-9,11H2,1-3H3,(H2,17,19,20);3*1,3-4H2,2H3;. The summed E-state index contributed by atoms with van der Waals surface area (Å²) in [4.78, 5) is 14.6. The van der Waals surface area contributed by atoms with Gasteiger partial charge in [0.15, 0.2) is 0 Å². The summed E-state index contributed by atoms with van der Waals surface area (Å²) in [6.45, 7) is 15.7. The second-order valence-corrected chi connectivity index (χ2v) is 32.7. The van der Waals surface area contributed by atoms with Crippen LogP contribution in [-0.4, -0.2) is 52.6 Å². The Hall–Kier alpha value is -1.17. The van der Waals surface area contributed by atoms with Gasteiger partial charge in [-0.05, 0) is 6.04 Å². The Morgan fingerprint density at radius 3 is 2.24 bits per heavy atom. The normalized spacial score (nSPS) is 12.5. The van der Waals surface area contributed by atoms with Crippen LogP contribution in [0.2, 0.25) is 39.0 Å². The van der Waals surface area contributed by atoms with Crippen molar-refractivity contribution in [2.24, 2.45) is 0 Å². The molecule has 3 aromatic rings. The number of nitrogens with two attached hydrogens (primary N) is 1. The summed E-state index contributed by atoms with van der Waals surface area (Å²) in [6, 6.07) is 5.84. The molecule has 0 atom stereocenters. The molecule has 0 aliphatic rings. The molecule has 0 aromatic carbocycles. The quantitative estimate of drug-likeness (QED) is 0.112. The van der Waals surface area contributed by atoms with E-state index in [1.165, 1.54) is 56.7 Å². The van der Waals surface area contributed by atoms with E-state index < -0.39 is 26.5 Å². The van der Waals surface area contributed by atoms with E-state index in [0.29, 0.717) is 30.4 Å². The molecule has 3 rings (SSSR count). The molecule has 0 radical (unpaired) electrons. The van der Waals surface area contributed by atoms with E-state index in [9.17, 15) is 0 Å². The van der Waals surface area contributed by atoms with Gasteiger partial charge in [-0.15, -0.1) is 0 Å². The Kier molecular flexibility index (Phi) is 12.4. The van der Waals surface area contributed by atoms with Gasteiger partial charge in [0.25, 0.3) is 0 Å². The zero-order valence-corrected chi connectivity index (χ0v) is 29.2. The number of fused-ring (bicyclic) bond motifs is 1. The molecule has 38 heavy (non-hydrogen) atoms. The van der Waals surface area contributed by atoms with Crippen molar-refractivity contribution in [3.05, 3.63) is 23.3 Å². The number of nitrogens with zero attached hydrogens (tertiary/aromatic N) is 4. The molecule has 0 saturated carbocycles.